The van der Waals surface area contributed by atoms with Gasteiger partial charge in [-0.25, -0.2) is 9.78 Å². The van der Waals surface area contributed by atoms with E-state index in [-0.39, 0.29) is 6.03 Å². The van der Waals surface area contributed by atoms with E-state index in [4.69, 9.17) is 4.42 Å². The smallest absolute Gasteiger partial charge is 0.318 e. The number of urea groups is 1. The second-order valence-corrected chi connectivity index (χ2v) is 6.12. The highest BCUT2D eigenvalue weighted by Gasteiger charge is 2.18. The molecule has 0 saturated heterocycles. The Balaban J connectivity index is 1.74. The van der Waals surface area contributed by atoms with Crippen LogP contribution in [0.4, 0.5) is 4.79 Å². The lowest BCUT2D eigenvalue weighted by molar-refractivity contribution is 0.185. The second kappa shape index (κ2) is 8.89. The fourth-order valence-electron chi connectivity index (χ4n) is 2.72. The highest BCUT2D eigenvalue weighted by Crippen LogP contribution is 2.12. The van der Waals surface area contributed by atoms with Gasteiger partial charge in [0.05, 0.1) is 19.4 Å². The van der Waals surface area contributed by atoms with E-state index in [1.807, 2.05) is 43.5 Å². The van der Waals surface area contributed by atoms with Crippen molar-refractivity contribution in [2.75, 3.05) is 6.54 Å². The Hall–Kier alpha value is -3.02. The number of nitrogens with zero attached hydrogens (tertiary/aromatic N) is 3. The summed E-state index contributed by atoms with van der Waals surface area (Å²) >= 11 is 0. The van der Waals surface area contributed by atoms with Crippen LogP contribution >= 0.6 is 0 Å². The van der Waals surface area contributed by atoms with Crippen molar-refractivity contribution < 1.29 is 9.21 Å². The molecule has 3 rings (SSSR count). The zero-order valence-electron chi connectivity index (χ0n) is 15.0. The Morgan fingerprint density at radius 2 is 2.04 bits per heavy atom. The van der Waals surface area contributed by atoms with Gasteiger partial charge in [0.25, 0.3) is 0 Å². The molecule has 0 aliphatic heterocycles. The lowest BCUT2D eigenvalue weighted by Gasteiger charge is -2.22. The van der Waals surface area contributed by atoms with Crippen molar-refractivity contribution >= 4 is 6.03 Å². The third kappa shape index (κ3) is 4.75. The zero-order valence-corrected chi connectivity index (χ0v) is 15.0. The van der Waals surface area contributed by atoms with Gasteiger partial charge in [0, 0.05) is 25.5 Å². The van der Waals surface area contributed by atoms with Crippen LogP contribution in [-0.2, 0) is 19.6 Å². The molecule has 136 valence electrons. The van der Waals surface area contributed by atoms with Crippen LogP contribution in [0.25, 0.3) is 0 Å². The topological polar surface area (TPSA) is 63.3 Å². The van der Waals surface area contributed by atoms with Gasteiger partial charge in [-0.2, -0.15) is 0 Å². The molecule has 0 aliphatic rings. The van der Waals surface area contributed by atoms with E-state index in [0.29, 0.717) is 19.6 Å². The van der Waals surface area contributed by atoms with Crippen molar-refractivity contribution in [3.05, 3.63) is 78.3 Å². The second-order valence-electron chi connectivity index (χ2n) is 6.12. The number of hydrogen-bond donors (Lipinski definition) is 1. The molecule has 0 atom stereocenters. The van der Waals surface area contributed by atoms with Gasteiger partial charge in [-0.3, -0.25) is 0 Å². The van der Waals surface area contributed by atoms with E-state index in [0.717, 1.165) is 24.6 Å². The molecule has 6 nitrogen and oxygen atoms in total. The number of hydrogen-bond acceptors (Lipinski definition) is 3. The van der Waals surface area contributed by atoms with Crippen LogP contribution in [0.3, 0.4) is 0 Å². The Morgan fingerprint density at radius 1 is 1.19 bits per heavy atom. The van der Waals surface area contributed by atoms with Crippen LogP contribution in [0.5, 0.6) is 0 Å². The van der Waals surface area contributed by atoms with Crippen LogP contribution in [0.15, 0.2) is 65.5 Å². The number of carbonyl (C=O) groups excluding carboxylic acids is 1. The first kappa shape index (κ1) is 17.8. The first-order chi connectivity index (χ1) is 12.8. The summed E-state index contributed by atoms with van der Waals surface area (Å²) < 4.78 is 7.48. The highest BCUT2D eigenvalue weighted by molar-refractivity contribution is 5.74. The van der Waals surface area contributed by atoms with Crippen molar-refractivity contribution in [3.8, 4) is 0 Å². The third-order valence-corrected chi connectivity index (χ3v) is 4.07. The van der Waals surface area contributed by atoms with E-state index >= 15 is 0 Å². The van der Waals surface area contributed by atoms with Gasteiger partial charge >= 0.3 is 6.03 Å². The maximum atomic E-state index is 12.6. The number of carbonyl (C=O) groups is 1. The van der Waals surface area contributed by atoms with Crippen LogP contribution in [0.1, 0.15) is 30.5 Å². The van der Waals surface area contributed by atoms with E-state index in [2.05, 4.69) is 27.0 Å². The number of imidazole rings is 1. The van der Waals surface area contributed by atoms with Crippen LogP contribution in [-0.4, -0.2) is 27.0 Å². The largest absolute Gasteiger partial charge is 0.467 e. The minimum atomic E-state index is -0.113. The van der Waals surface area contributed by atoms with Crippen LogP contribution < -0.4 is 5.32 Å². The number of amides is 2. The normalized spacial score (nSPS) is 10.7. The van der Waals surface area contributed by atoms with Crippen molar-refractivity contribution in [1.82, 2.24) is 19.8 Å². The maximum absolute atomic E-state index is 12.6. The summed E-state index contributed by atoms with van der Waals surface area (Å²) in [5.41, 5.74) is 1.19. The van der Waals surface area contributed by atoms with Crippen LogP contribution in [0.2, 0.25) is 0 Å². The van der Waals surface area contributed by atoms with E-state index in [1.54, 1.807) is 17.4 Å². The minimum absolute atomic E-state index is 0.113. The average Bonchev–Trinajstić information content (AvgIpc) is 3.32. The number of furan rings is 1. The molecule has 0 bridgehead atoms. The van der Waals surface area contributed by atoms with Gasteiger partial charge in [-0.05, 0) is 24.1 Å². The lowest BCUT2D eigenvalue weighted by Crippen LogP contribution is -2.40. The summed E-state index contributed by atoms with van der Waals surface area (Å²) in [6.07, 6.45) is 6.22. The monoisotopic (exact) mass is 352 g/mol. The molecule has 2 amide bonds. The molecule has 0 aliphatic carbocycles. The molecule has 0 saturated carbocycles. The molecular weight excluding hydrogens is 328 g/mol. The Kier molecular flexibility index (Phi) is 6.09. The zero-order chi connectivity index (χ0) is 18.2. The lowest BCUT2D eigenvalue weighted by atomic mass is 10.2. The molecule has 6 heteroatoms. The van der Waals surface area contributed by atoms with Crippen molar-refractivity contribution in [2.45, 2.75) is 33.0 Å². The fourth-order valence-corrected chi connectivity index (χ4v) is 2.72. The van der Waals surface area contributed by atoms with Crippen molar-refractivity contribution in [1.29, 1.82) is 0 Å². The molecule has 3 aromatic rings. The van der Waals surface area contributed by atoms with Crippen molar-refractivity contribution in [2.24, 2.45) is 0 Å². The van der Waals surface area contributed by atoms with Gasteiger partial charge in [0.1, 0.15) is 11.6 Å². The molecule has 2 aromatic heterocycles. The van der Waals surface area contributed by atoms with Gasteiger partial charge in [0.15, 0.2) is 0 Å². The molecule has 26 heavy (non-hydrogen) atoms. The maximum Gasteiger partial charge on any atom is 0.318 e. The fraction of sp³-hybridized carbons (Fsp3) is 0.300. The summed E-state index contributed by atoms with van der Waals surface area (Å²) in [6.45, 7) is 4.22. The predicted octanol–water partition coefficient (Wildman–Crippen LogP) is 3.65. The average molecular weight is 352 g/mol. The van der Waals surface area contributed by atoms with Gasteiger partial charge in [-0.1, -0.05) is 37.3 Å². The molecular formula is C20H24N4O2. The molecule has 2 heterocycles. The number of aromatic nitrogens is 2. The Labute approximate surface area is 153 Å². The van der Waals surface area contributed by atoms with Gasteiger partial charge in [0.2, 0.25) is 0 Å². The van der Waals surface area contributed by atoms with Crippen molar-refractivity contribution in [3.63, 3.8) is 0 Å². The number of nitrogens with one attached hydrogen (secondary N) is 1. The first-order valence-electron chi connectivity index (χ1n) is 8.85. The number of benzene rings is 1. The Bertz CT molecular complexity index is 796. The summed E-state index contributed by atoms with van der Waals surface area (Å²) in [4.78, 5) is 18.7. The summed E-state index contributed by atoms with van der Waals surface area (Å²) in [7, 11) is 0. The van der Waals surface area contributed by atoms with Crippen LogP contribution in [0, 0.1) is 0 Å². The van der Waals surface area contributed by atoms with Gasteiger partial charge < -0.3 is 19.2 Å². The summed E-state index contributed by atoms with van der Waals surface area (Å²) in [5.74, 6) is 1.59. The van der Waals surface area contributed by atoms with E-state index < -0.39 is 0 Å². The van der Waals surface area contributed by atoms with Gasteiger partial charge in [-0.15, -0.1) is 0 Å². The summed E-state index contributed by atoms with van der Waals surface area (Å²) in [6, 6.07) is 13.8. The van der Waals surface area contributed by atoms with E-state index in [9.17, 15) is 4.79 Å². The molecule has 0 fully saturated rings. The minimum Gasteiger partial charge on any atom is -0.467 e. The van der Waals surface area contributed by atoms with E-state index in [1.165, 1.54) is 5.56 Å². The SMILES string of the molecule is CCCNC(=O)N(Cc1ccco1)Cc1nccn1Cc1ccccc1. The summed E-state index contributed by atoms with van der Waals surface area (Å²) in [5, 5.41) is 2.93. The molecule has 0 radical (unpaired) electrons. The Morgan fingerprint density at radius 3 is 2.77 bits per heavy atom. The highest BCUT2D eigenvalue weighted by atomic mass is 16.3. The quantitative estimate of drug-likeness (QED) is 0.673. The molecule has 1 aromatic carbocycles. The molecule has 0 unspecified atom stereocenters. The first-order valence-corrected chi connectivity index (χ1v) is 8.85. The standard InChI is InChI=1S/C20H24N4O2/c1-2-10-22-20(25)24(15-18-9-6-13-26-18)16-19-21-11-12-23(19)14-17-7-4-3-5-8-17/h3-9,11-13H,2,10,14-16H2,1H3,(H,22,25). The number of rotatable bonds is 8. The third-order valence-electron chi connectivity index (χ3n) is 4.07. The predicted molar refractivity (Wildman–Crippen MR) is 99.4 cm³/mol. The molecule has 0 spiro atoms. The molecule has 1 N–H and O–H groups in total.